The normalized spacial score (nSPS) is 24.8. The molecule has 0 heterocycles. The molecule has 0 radical (unpaired) electrons. The van der Waals surface area contributed by atoms with Gasteiger partial charge in [-0.3, -0.25) is 4.79 Å². The Bertz CT molecular complexity index is 1380. The smallest absolute Gasteiger partial charge is 0.309 e. The maximum atomic E-state index is 14.9. The van der Waals surface area contributed by atoms with Crippen LogP contribution in [0.5, 0.6) is 11.5 Å². The van der Waals surface area contributed by atoms with Crippen LogP contribution in [0.2, 0.25) is 0 Å². The number of rotatable bonds is 13. The van der Waals surface area contributed by atoms with E-state index in [0.717, 1.165) is 69.8 Å². The van der Waals surface area contributed by atoms with Crippen molar-refractivity contribution in [1.29, 1.82) is 0 Å². The van der Waals surface area contributed by atoms with Crippen LogP contribution >= 0.6 is 0 Å². The molecule has 0 amide bonds. The fraction of sp³-hybridized carbons (Fsp3) is 0.615. The topological polar surface area (TPSA) is 44.8 Å². The standard InChI is InChI=1S/C39H50F4O4/c1-3-5-23-45-33-21-19-31(35(40)37(33)42)27-11-7-25(8-12-27)26-9-13-29(14-10-26)39(44)47-30-17-15-28(16-18-30)32-20-22-34(38(43)36(32)41)46-24-6-4-2/h11,19-22,25-26,28-30H,3-10,12-18,23-24H2,1-2H3. The molecule has 2 aromatic rings. The maximum Gasteiger partial charge on any atom is 0.309 e. The summed E-state index contributed by atoms with van der Waals surface area (Å²) >= 11 is 0. The Morgan fingerprint density at radius 2 is 1.32 bits per heavy atom. The first-order valence-corrected chi connectivity index (χ1v) is 17.9. The average Bonchev–Trinajstić information content (AvgIpc) is 3.09. The average molecular weight is 659 g/mol. The van der Waals surface area contributed by atoms with Crippen molar-refractivity contribution in [3.8, 4) is 11.5 Å². The third-order valence-corrected chi connectivity index (χ3v) is 10.6. The highest BCUT2D eigenvalue weighted by Gasteiger charge is 2.35. The molecule has 4 nitrogen and oxygen atoms in total. The molecular formula is C39H50F4O4. The summed E-state index contributed by atoms with van der Waals surface area (Å²) in [5, 5.41) is 0. The number of carbonyl (C=O) groups excluding carboxylic acids is 1. The highest BCUT2D eigenvalue weighted by Crippen LogP contribution is 2.43. The van der Waals surface area contributed by atoms with Gasteiger partial charge in [0.2, 0.25) is 11.6 Å². The molecule has 1 unspecified atom stereocenters. The summed E-state index contributed by atoms with van der Waals surface area (Å²) in [6.45, 7) is 4.76. The van der Waals surface area contributed by atoms with Gasteiger partial charge in [-0.05, 0) is 131 Å². The van der Waals surface area contributed by atoms with Crippen molar-refractivity contribution in [2.24, 2.45) is 17.8 Å². The van der Waals surface area contributed by atoms with Crippen LogP contribution in [-0.4, -0.2) is 25.3 Å². The fourth-order valence-corrected chi connectivity index (χ4v) is 7.62. The van der Waals surface area contributed by atoms with Crippen molar-refractivity contribution in [2.45, 2.75) is 122 Å². The maximum absolute atomic E-state index is 14.9. The first-order chi connectivity index (χ1) is 22.8. The molecule has 0 saturated heterocycles. The van der Waals surface area contributed by atoms with Gasteiger partial charge < -0.3 is 14.2 Å². The summed E-state index contributed by atoms with van der Waals surface area (Å²) in [5.74, 6) is -2.95. The van der Waals surface area contributed by atoms with Crippen molar-refractivity contribution in [1.82, 2.24) is 0 Å². The van der Waals surface area contributed by atoms with E-state index in [1.165, 1.54) is 12.1 Å². The highest BCUT2D eigenvalue weighted by molar-refractivity contribution is 5.72. The van der Waals surface area contributed by atoms with E-state index < -0.39 is 23.3 Å². The van der Waals surface area contributed by atoms with Crippen LogP contribution in [0.3, 0.4) is 0 Å². The summed E-state index contributed by atoms with van der Waals surface area (Å²) in [4.78, 5) is 13.1. The lowest BCUT2D eigenvalue weighted by Gasteiger charge is -2.35. The summed E-state index contributed by atoms with van der Waals surface area (Å²) < 4.78 is 75.8. The van der Waals surface area contributed by atoms with Gasteiger partial charge in [0.15, 0.2) is 23.1 Å². The molecule has 47 heavy (non-hydrogen) atoms. The number of carbonyl (C=O) groups is 1. The Hall–Kier alpha value is -3.03. The minimum Gasteiger partial charge on any atom is -0.490 e. The zero-order chi connectivity index (χ0) is 33.3. The quantitative estimate of drug-likeness (QED) is 0.122. The van der Waals surface area contributed by atoms with Gasteiger partial charge in [-0.1, -0.05) is 38.8 Å². The molecule has 3 aliphatic rings. The molecule has 5 rings (SSSR count). The molecule has 0 N–H and O–H groups in total. The number of hydrogen-bond donors (Lipinski definition) is 0. The van der Waals surface area contributed by atoms with Crippen LogP contribution in [0.4, 0.5) is 17.6 Å². The molecule has 258 valence electrons. The third kappa shape index (κ3) is 8.72. The minimum absolute atomic E-state index is 0.0291. The van der Waals surface area contributed by atoms with Crippen LogP contribution in [0.25, 0.3) is 5.57 Å². The second-order valence-corrected chi connectivity index (χ2v) is 13.7. The Morgan fingerprint density at radius 3 is 1.91 bits per heavy atom. The van der Waals surface area contributed by atoms with Crippen molar-refractivity contribution in [3.05, 3.63) is 64.7 Å². The summed E-state index contributed by atoms with van der Waals surface area (Å²) in [6, 6.07) is 6.33. The fourth-order valence-electron chi connectivity index (χ4n) is 7.62. The van der Waals surface area contributed by atoms with E-state index in [1.54, 1.807) is 12.1 Å². The first kappa shape index (κ1) is 35.3. The number of unbranched alkanes of at least 4 members (excludes halogenated alkanes) is 2. The van der Waals surface area contributed by atoms with E-state index in [-0.39, 0.29) is 35.4 Å². The van der Waals surface area contributed by atoms with Gasteiger partial charge in [0, 0.05) is 5.56 Å². The number of halogens is 4. The number of hydrogen-bond acceptors (Lipinski definition) is 4. The Morgan fingerprint density at radius 1 is 0.702 bits per heavy atom. The van der Waals surface area contributed by atoms with E-state index in [9.17, 15) is 22.4 Å². The molecule has 2 fully saturated rings. The Kier molecular flexibility index (Phi) is 12.7. The Labute approximate surface area is 277 Å². The van der Waals surface area contributed by atoms with Crippen LogP contribution in [-0.2, 0) is 9.53 Å². The van der Waals surface area contributed by atoms with Crippen LogP contribution in [0, 0.1) is 41.0 Å². The van der Waals surface area contributed by atoms with Crippen LogP contribution in [0.15, 0.2) is 30.3 Å². The van der Waals surface area contributed by atoms with E-state index in [0.29, 0.717) is 68.3 Å². The Balaban J connectivity index is 1.05. The zero-order valence-electron chi connectivity index (χ0n) is 27.9. The molecule has 8 heteroatoms. The lowest BCUT2D eigenvalue weighted by molar-refractivity contribution is -0.157. The monoisotopic (exact) mass is 658 g/mol. The van der Waals surface area contributed by atoms with Gasteiger partial charge in [-0.25, -0.2) is 8.78 Å². The van der Waals surface area contributed by atoms with Crippen LogP contribution < -0.4 is 9.47 Å². The largest absolute Gasteiger partial charge is 0.490 e. The van der Waals surface area contributed by atoms with E-state index in [1.807, 2.05) is 13.8 Å². The summed E-state index contributed by atoms with van der Waals surface area (Å²) in [7, 11) is 0. The second-order valence-electron chi connectivity index (χ2n) is 13.7. The van der Waals surface area contributed by atoms with Crippen molar-refractivity contribution >= 4 is 11.5 Å². The second kappa shape index (κ2) is 16.9. The molecule has 0 aromatic heterocycles. The molecular weight excluding hydrogens is 608 g/mol. The predicted molar refractivity (Wildman–Crippen MR) is 175 cm³/mol. The number of ether oxygens (including phenoxy) is 3. The molecule has 2 aromatic carbocycles. The predicted octanol–water partition coefficient (Wildman–Crippen LogP) is 10.9. The summed E-state index contributed by atoms with van der Waals surface area (Å²) in [5.41, 5.74) is 1.55. The zero-order valence-corrected chi connectivity index (χ0v) is 27.9. The van der Waals surface area contributed by atoms with Gasteiger partial charge in [-0.15, -0.1) is 0 Å². The van der Waals surface area contributed by atoms with Crippen LogP contribution in [0.1, 0.15) is 127 Å². The van der Waals surface area contributed by atoms with E-state index in [4.69, 9.17) is 14.2 Å². The number of allylic oxidation sites excluding steroid dienone is 2. The van der Waals surface area contributed by atoms with Gasteiger partial charge in [0.05, 0.1) is 19.1 Å². The molecule has 0 bridgehead atoms. The lowest BCUT2D eigenvalue weighted by atomic mass is 9.71. The lowest BCUT2D eigenvalue weighted by Crippen LogP contribution is -2.31. The molecule has 0 spiro atoms. The van der Waals surface area contributed by atoms with E-state index in [2.05, 4.69) is 6.08 Å². The van der Waals surface area contributed by atoms with Gasteiger partial charge >= 0.3 is 5.97 Å². The number of benzene rings is 2. The van der Waals surface area contributed by atoms with Crippen molar-refractivity contribution in [3.63, 3.8) is 0 Å². The van der Waals surface area contributed by atoms with Crippen molar-refractivity contribution < 1.29 is 36.6 Å². The SMILES string of the molecule is CCCCOc1ccc(C2=CCC(C3CCC(C(=O)OC4CCC(c5ccc(OCCCC)c(F)c5F)CC4)CC3)CC2)c(F)c1F. The third-order valence-electron chi connectivity index (χ3n) is 10.6. The van der Waals surface area contributed by atoms with E-state index >= 15 is 0 Å². The first-order valence-electron chi connectivity index (χ1n) is 17.9. The van der Waals surface area contributed by atoms with Gasteiger partial charge in [-0.2, -0.15) is 8.78 Å². The van der Waals surface area contributed by atoms with Gasteiger partial charge in [0.1, 0.15) is 6.10 Å². The van der Waals surface area contributed by atoms with Crippen molar-refractivity contribution in [2.75, 3.05) is 13.2 Å². The van der Waals surface area contributed by atoms with Gasteiger partial charge in [0.25, 0.3) is 0 Å². The molecule has 1 atom stereocenters. The number of esters is 1. The minimum atomic E-state index is -0.921. The molecule has 3 aliphatic carbocycles. The summed E-state index contributed by atoms with van der Waals surface area (Å²) in [6.07, 6.45) is 13.8. The molecule has 0 aliphatic heterocycles. The highest BCUT2D eigenvalue weighted by atomic mass is 19.2. The molecule has 2 saturated carbocycles.